The molecule has 1 N–H and O–H groups in total. The quantitative estimate of drug-likeness (QED) is 0.206. The van der Waals surface area contributed by atoms with Gasteiger partial charge in [-0.25, -0.2) is 8.42 Å². The highest BCUT2D eigenvalue weighted by atomic mass is 35.5. The van der Waals surface area contributed by atoms with Crippen LogP contribution in [0.1, 0.15) is 16.7 Å². The van der Waals surface area contributed by atoms with Crippen LogP contribution in [0.4, 0.5) is 5.69 Å². The summed E-state index contributed by atoms with van der Waals surface area (Å²) in [5, 5.41) is 3.38. The zero-order chi connectivity index (χ0) is 31.9. The topological polar surface area (TPSA) is 96.0 Å². The van der Waals surface area contributed by atoms with Gasteiger partial charge in [0.2, 0.25) is 11.8 Å². The molecule has 0 aliphatic rings. The summed E-state index contributed by atoms with van der Waals surface area (Å²) < 4.78 is 34.6. The number of nitrogens with one attached hydrogen (secondary N) is 1. The molecular formula is C33H33Cl2N3O5S. The van der Waals surface area contributed by atoms with Crippen molar-refractivity contribution in [2.45, 2.75) is 30.8 Å². The van der Waals surface area contributed by atoms with Gasteiger partial charge in [-0.1, -0.05) is 83.4 Å². The van der Waals surface area contributed by atoms with Crippen molar-refractivity contribution in [2.24, 2.45) is 0 Å². The molecule has 0 aliphatic carbocycles. The standard InChI is InChI=1S/C33H33Cl2N3O5S/c1-23-12-16-29(17-13-23)44(41,42)38(27-10-7-11-28(20-27)43-3)22-32(39)37(21-25-14-15-26(34)19-30(25)35)31(33(40)36-2)18-24-8-5-4-6-9-24/h4-17,19-20,31H,18,21-22H2,1-3H3,(H,36,40)/t31-/m0/s1. The third-order valence-corrected chi connectivity index (χ3v) is 9.48. The molecule has 0 aromatic heterocycles. The smallest absolute Gasteiger partial charge is 0.264 e. The van der Waals surface area contributed by atoms with E-state index in [1.807, 2.05) is 37.3 Å². The third kappa shape index (κ3) is 7.91. The SMILES string of the molecule is CNC(=O)[C@H](Cc1ccccc1)N(Cc1ccc(Cl)cc1Cl)C(=O)CN(c1cccc(OC)c1)S(=O)(=O)c1ccc(C)cc1. The van der Waals surface area contributed by atoms with Crippen LogP contribution in [0.5, 0.6) is 5.75 Å². The summed E-state index contributed by atoms with van der Waals surface area (Å²) in [5.74, 6) is -0.614. The lowest BCUT2D eigenvalue weighted by Gasteiger charge is -2.33. The fourth-order valence-electron chi connectivity index (χ4n) is 4.69. The summed E-state index contributed by atoms with van der Waals surface area (Å²) in [5.41, 5.74) is 2.47. The Kier molecular flexibility index (Phi) is 10.9. The first-order valence-electron chi connectivity index (χ1n) is 13.8. The third-order valence-electron chi connectivity index (χ3n) is 7.10. The van der Waals surface area contributed by atoms with Gasteiger partial charge in [-0.05, 0) is 54.4 Å². The molecule has 0 saturated heterocycles. The van der Waals surface area contributed by atoms with Gasteiger partial charge in [0, 0.05) is 36.1 Å². The Labute approximate surface area is 268 Å². The fourth-order valence-corrected chi connectivity index (χ4v) is 6.56. The van der Waals surface area contributed by atoms with E-state index in [9.17, 15) is 18.0 Å². The molecule has 1 atom stereocenters. The number of anilines is 1. The lowest BCUT2D eigenvalue weighted by atomic mass is 10.0. The van der Waals surface area contributed by atoms with Crippen LogP contribution in [0, 0.1) is 6.92 Å². The Hall–Kier alpha value is -4.05. The molecule has 4 aromatic rings. The van der Waals surface area contributed by atoms with Gasteiger partial charge in [-0.15, -0.1) is 0 Å². The lowest BCUT2D eigenvalue weighted by molar-refractivity contribution is -0.139. The Bertz CT molecular complexity index is 1720. The number of likely N-dealkylation sites (N-methyl/N-ethyl adjacent to an activating group) is 1. The average Bonchev–Trinajstić information content (AvgIpc) is 3.02. The minimum Gasteiger partial charge on any atom is -0.497 e. The van der Waals surface area contributed by atoms with Crippen LogP contribution in [0.3, 0.4) is 0 Å². The van der Waals surface area contributed by atoms with Gasteiger partial charge < -0.3 is 15.0 Å². The normalized spacial score (nSPS) is 11.8. The van der Waals surface area contributed by atoms with E-state index in [0.29, 0.717) is 21.4 Å². The number of hydrogen-bond acceptors (Lipinski definition) is 5. The van der Waals surface area contributed by atoms with Gasteiger partial charge in [0.15, 0.2) is 0 Å². The van der Waals surface area contributed by atoms with Gasteiger partial charge >= 0.3 is 0 Å². The van der Waals surface area contributed by atoms with E-state index in [-0.39, 0.29) is 23.5 Å². The minimum atomic E-state index is -4.24. The van der Waals surface area contributed by atoms with E-state index < -0.39 is 34.4 Å². The Balaban J connectivity index is 1.82. The molecule has 4 aromatic carbocycles. The molecule has 2 amide bonds. The molecule has 44 heavy (non-hydrogen) atoms. The summed E-state index contributed by atoms with van der Waals surface area (Å²) in [6.07, 6.45) is 0.182. The van der Waals surface area contributed by atoms with Crippen molar-refractivity contribution in [2.75, 3.05) is 25.0 Å². The van der Waals surface area contributed by atoms with E-state index in [1.165, 1.54) is 31.2 Å². The van der Waals surface area contributed by atoms with Gasteiger partial charge in [-0.2, -0.15) is 0 Å². The number of nitrogens with zero attached hydrogens (tertiary/aromatic N) is 2. The van der Waals surface area contributed by atoms with Gasteiger partial charge in [0.25, 0.3) is 10.0 Å². The maximum Gasteiger partial charge on any atom is 0.264 e. The van der Waals surface area contributed by atoms with Crippen LogP contribution in [0.15, 0.2) is 102 Å². The Morgan fingerprint density at radius 2 is 1.61 bits per heavy atom. The summed E-state index contributed by atoms with van der Waals surface area (Å²) >= 11 is 12.6. The number of sulfonamides is 1. The van der Waals surface area contributed by atoms with Crippen molar-refractivity contribution < 1.29 is 22.7 Å². The largest absolute Gasteiger partial charge is 0.497 e. The van der Waals surface area contributed by atoms with E-state index in [0.717, 1.165) is 15.4 Å². The van der Waals surface area contributed by atoms with Crippen molar-refractivity contribution in [3.8, 4) is 5.75 Å². The molecular weight excluding hydrogens is 621 g/mol. The predicted octanol–water partition coefficient (Wildman–Crippen LogP) is 5.89. The number of hydrogen-bond donors (Lipinski definition) is 1. The molecule has 230 valence electrons. The molecule has 0 fully saturated rings. The van der Waals surface area contributed by atoms with Crippen LogP contribution < -0.4 is 14.4 Å². The number of halogens is 2. The van der Waals surface area contributed by atoms with E-state index in [2.05, 4.69) is 5.32 Å². The molecule has 0 saturated carbocycles. The molecule has 0 aliphatic heterocycles. The van der Waals surface area contributed by atoms with E-state index >= 15 is 0 Å². The average molecular weight is 655 g/mol. The first-order valence-corrected chi connectivity index (χ1v) is 16.0. The minimum absolute atomic E-state index is 0.0122. The number of carbonyl (C=O) groups excluding carboxylic acids is 2. The van der Waals surface area contributed by atoms with Crippen LogP contribution >= 0.6 is 23.2 Å². The maximum absolute atomic E-state index is 14.4. The number of amides is 2. The number of carbonyl (C=O) groups is 2. The van der Waals surface area contributed by atoms with Crippen molar-refractivity contribution in [3.05, 3.63) is 124 Å². The fraction of sp³-hybridized carbons (Fsp3) is 0.212. The number of ether oxygens (including phenoxy) is 1. The van der Waals surface area contributed by atoms with Crippen LogP contribution in [-0.4, -0.2) is 51.9 Å². The highest BCUT2D eigenvalue weighted by molar-refractivity contribution is 7.92. The zero-order valence-corrected chi connectivity index (χ0v) is 26.9. The number of rotatable bonds is 12. The van der Waals surface area contributed by atoms with Gasteiger partial charge in [0.05, 0.1) is 17.7 Å². The van der Waals surface area contributed by atoms with Crippen molar-refractivity contribution in [3.63, 3.8) is 0 Å². The Morgan fingerprint density at radius 3 is 2.25 bits per heavy atom. The number of aryl methyl sites for hydroxylation is 1. The second-order valence-corrected chi connectivity index (χ2v) is 12.8. The Morgan fingerprint density at radius 1 is 0.909 bits per heavy atom. The van der Waals surface area contributed by atoms with Crippen LogP contribution in [-0.2, 0) is 32.6 Å². The summed E-state index contributed by atoms with van der Waals surface area (Å²) in [7, 11) is -1.28. The summed E-state index contributed by atoms with van der Waals surface area (Å²) in [4.78, 5) is 29.1. The van der Waals surface area contributed by atoms with Crippen molar-refractivity contribution in [1.82, 2.24) is 10.2 Å². The highest BCUT2D eigenvalue weighted by Crippen LogP contribution is 2.29. The van der Waals surface area contributed by atoms with Gasteiger partial charge in [-0.3, -0.25) is 13.9 Å². The predicted molar refractivity (Wildman–Crippen MR) is 174 cm³/mol. The second-order valence-electron chi connectivity index (χ2n) is 10.1. The molecule has 0 heterocycles. The summed E-state index contributed by atoms with van der Waals surface area (Å²) in [6, 6.07) is 26.0. The molecule has 0 radical (unpaired) electrons. The highest BCUT2D eigenvalue weighted by Gasteiger charge is 2.34. The monoisotopic (exact) mass is 653 g/mol. The lowest BCUT2D eigenvalue weighted by Crippen LogP contribution is -2.53. The first-order chi connectivity index (χ1) is 21.0. The molecule has 0 unspecified atom stereocenters. The maximum atomic E-state index is 14.4. The molecule has 8 nitrogen and oxygen atoms in total. The zero-order valence-electron chi connectivity index (χ0n) is 24.5. The second kappa shape index (κ2) is 14.6. The number of methoxy groups -OCH3 is 1. The van der Waals surface area contributed by atoms with E-state index in [4.69, 9.17) is 27.9 Å². The van der Waals surface area contributed by atoms with Crippen molar-refractivity contribution >= 4 is 50.7 Å². The van der Waals surface area contributed by atoms with Crippen LogP contribution in [0.2, 0.25) is 10.0 Å². The first kappa shape index (κ1) is 32.9. The number of benzene rings is 4. The van der Waals surface area contributed by atoms with Gasteiger partial charge in [0.1, 0.15) is 18.3 Å². The molecule has 11 heteroatoms. The van der Waals surface area contributed by atoms with E-state index in [1.54, 1.807) is 54.6 Å². The molecule has 0 spiro atoms. The molecule has 0 bridgehead atoms. The van der Waals surface area contributed by atoms with Crippen LogP contribution in [0.25, 0.3) is 0 Å². The summed E-state index contributed by atoms with van der Waals surface area (Å²) in [6.45, 7) is 1.18. The molecule has 4 rings (SSSR count). The van der Waals surface area contributed by atoms with Crippen molar-refractivity contribution in [1.29, 1.82) is 0 Å².